The molecule has 0 fully saturated rings. The van der Waals surface area contributed by atoms with Crippen LogP contribution in [-0.2, 0) is 4.79 Å². The zero-order valence-corrected chi connectivity index (χ0v) is 11.9. The van der Waals surface area contributed by atoms with Crippen molar-refractivity contribution < 1.29 is 4.79 Å². The molecule has 4 heteroatoms. The van der Waals surface area contributed by atoms with Crippen molar-refractivity contribution in [3.8, 4) is 6.07 Å². The summed E-state index contributed by atoms with van der Waals surface area (Å²) < 4.78 is 0. The third-order valence-corrected chi connectivity index (χ3v) is 3.42. The molecule has 0 aromatic rings. The summed E-state index contributed by atoms with van der Waals surface area (Å²) in [5, 5.41) is 11.5. The quantitative estimate of drug-likeness (QED) is 0.661. The lowest BCUT2D eigenvalue weighted by atomic mass is 9.88. The molecule has 18 heavy (non-hydrogen) atoms. The Morgan fingerprint density at radius 1 is 1.39 bits per heavy atom. The van der Waals surface area contributed by atoms with Gasteiger partial charge in [-0.1, -0.05) is 20.8 Å². The molecular formula is C14H27N3O. The zero-order chi connectivity index (χ0) is 14.0. The number of carbonyl (C=O) groups is 1. The van der Waals surface area contributed by atoms with Gasteiger partial charge in [-0.15, -0.1) is 0 Å². The summed E-state index contributed by atoms with van der Waals surface area (Å²) in [5.41, 5.74) is 5.58. The summed E-state index contributed by atoms with van der Waals surface area (Å²) in [7, 11) is 0. The minimum Gasteiger partial charge on any atom is -0.352 e. The van der Waals surface area contributed by atoms with Gasteiger partial charge in [-0.25, -0.2) is 0 Å². The highest BCUT2D eigenvalue weighted by atomic mass is 16.1. The van der Waals surface area contributed by atoms with Gasteiger partial charge in [0.2, 0.25) is 5.91 Å². The number of nitrogens with zero attached hydrogens (tertiary/aromatic N) is 1. The fourth-order valence-electron chi connectivity index (χ4n) is 2.05. The maximum absolute atomic E-state index is 11.8. The molecular weight excluding hydrogens is 226 g/mol. The van der Waals surface area contributed by atoms with Crippen molar-refractivity contribution >= 4 is 5.91 Å². The van der Waals surface area contributed by atoms with E-state index in [-0.39, 0.29) is 11.9 Å². The lowest BCUT2D eigenvalue weighted by Gasteiger charge is -2.20. The van der Waals surface area contributed by atoms with Crippen molar-refractivity contribution in [2.75, 3.05) is 6.54 Å². The number of nitriles is 1. The predicted molar refractivity (Wildman–Crippen MR) is 73.7 cm³/mol. The standard InChI is InChI=1S/C14H27N3O/c1-4-13(8-10-16)17-14(18)6-5-12(7-9-15)11(2)3/h11-13H,4-9,15H2,1-3H3,(H,17,18). The van der Waals surface area contributed by atoms with Crippen molar-refractivity contribution in [2.24, 2.45) is 17.6 Å². The van der Waals surface area contributed by atoms with Gasteiger partial charge in [0.1, 0.15) is 0 Å². The summed E-state index contributed by atoms with van der Waals surface area (Å²) in [4.78, 5) is 11.8. The van der Waals surface area contributed by atoms with Crippen LogP contribution in [0.5, 0.6) is 0 Å². The minimum absolute atomic E-state index is 0.00508. The topological polar surface area (TPSA) is 78.9 Å². The maximum atomic E-state index is 11.8. The van der Waals surface area contributed by atoms with Gasteiger partial charge >= 0.3 is 0 Å². The Bertz CT molecular complexity index is 271. The van der Waals surface area contributed by atoms with E-state index in [9.17, 15) is 4.79 Å². The molecule has 4 nitrogen and oxygen atoms in total. The van der Waals surface area contributed by atoms with E-state index >= 15 is 0 Å². The molecule has 0 spiro atoms. The van der Waals surface area contributed by atoms with E-state index in [1.165, 1.54) is 0 Å². The first kappa shape index (κ1) is 16.9. The fourth-order valence-corrected chi connectivity index (χ4v) is 2.05. The Morgan fingerprint density at radius 2 is 2.06 bits per heavy atom. The lowest BCUT2D eigenvalue weighted by Crippen LogP contribution is -2.34. The van der Waals surface area contributed by atoms with Crippen molar-refractivity contribution in [3.63, 3.8) is 0 Å². The molecule has 0 aromatic carbocycles. The molecule has 0 bridgehead atoms. The van der Waals surface area contributed by atoms with Gasteiger partial charge in [-0.2, -0.15) is 5.26 Å². The predicted octanol–water partition coefficient (Wildman–Crippen LogP) is 2.20. The van der Waals surface area contributed by atoms with Crippen molar-refractivity contribution in [2.45, 2.75) is 58.9 Å². The van der Waals surface area contributed by atoms with Gasteiger partial charge in [0.25, 0.3) is 0 Å². The highest BCUT2D eigenvalue weighted by molar-refractivity contribution is 5.76. The molecule has 1 amide bonds. The second-order valence-corrected chi connectivity index (χ2v) is 5.16. The first-order valence-electron chi connectivity index (χ1n) is 6.91. The van der Waals surface area contributed by atoms with E-state index in [4.69, 9.17) is 11.0 Å². The molecule has 104 valence electrons. The Hall–Kier alpha value is -1.08. The molecule has 0 saturated carbocycles. The van der Waals surface area contributed by atoms with E-state index in [0.29, 0.717) is 31.2 Å². The highest BCUT2D eigenvalue weighted by Crippen LogP contribution is 2.20. The summed E-state index contributed by atoms with van der Waals surface area (Å²) >= 11 is 0. The van der Waals surface area contributed by atoms with Crippen molar-refractivity contribution in [3.05, 3.63) is 0 Å². The molecule has 0 aliphatic carbocycles. The van der Waals surface area contributed by atoms with E-state index in [2.05, 4.69) is 25.2 Å². The van der Waals surface area contributed by atoms with E-state index in [0.717, 1.165) is 19.3 Å². The molecule has 3 N–H and O–H groups in total. The average molecular weight is 253 g/mol. The van der Waals surface area contributed by atoms with Crippen LogP contribution in [0, 0.1) is 23.2 Å². The third-order valence-electron chi connectivity index (χ3n) is 3.42. The molecule has 0 heterocycles. The van der Waals surface area contributed by atoms with Crippen LogP contribution in [0.1, 0.15) is 52.9 Å². The van der Waals surface area contributed by atoms with Gasteiger partial charge in [-0.3, -0.25) is 4.79 Å². The molecule has 0 radical (unpaired) electrons. The Labute approximate surface area is 111 Å². The van der Waals surface area contributed by atoms with Crippen molar-refractivity contribution in [1.29, 1.82) is 5.26 Å². The first-order chi connectivity index (χ1) is 8.54. The van der Waals surface area contributed by atoms with Crippen LogP contribution in [0.4, 0.5) is 0 Å². The van der Waals surface area contributed by atoms with E-state index < -0.39 is 0 Å². The number of amides is 1. The van der Waals surface area contributed by atoms with Crippen molar-refractivity contribution in [1.82, 2.24) is 5.32 Å². The van der Waals surface area contributed by atoms with E-state index in [1.807, 2.05) is 6.92 Å². The molecule has 2 atom stereocenters. The van der Waals surface area contributed by atoms with Crippen LogP contribution in [0.3, 0.4) is 0 Å². The zero-order valence-electron chi connectivity index (χ0n) is 11.9. The molecule has 0 saturated heterocycles. The number of nitrogens with one attached hydrogen (secondary N) is 1. The summed E-state index contributed by atoms with van der Waals surface area (Å²) in [6.07, 6.45) is 3.57. The molecule has 0 rings (SSSR count). The Kier molecular flexibility index (Phi) is 9.31. The first-order valence-corrected chi connectivity index (χ1v) is 6.91. The largest absolute Gasteiger partial charge is 0.352 e. The maximum Gasteiger partial charge on any atom is 0.220 e. The van der Waals surface area contributed by atoms with Crippen LogP contribution < -0.4 is 11.1 Å². The number of nitrogens with two attached hydrogens (primary N) is 1. The molecule has 0 aromatic heterocycles. The Morgan fingerprint density at radius 3 is 2.50 bits per heavy atom. The molecule has 0 aliphatic rings. The van der Waals surface area contributed by atoms with Crippen LogP contribution >= 0.6 is 0 Å². The summed E-state index contributed by atoms with van der Waals surface area (Å²) in [6.45, 7) is 7.00. The monoisotopic (exact) mass is 253 g/mol. The number of rotatable bonds is 9. The number of carbonyl (C=O) groups excluding carboxylic acids is 1. The van der Waals surface area contributed by atoms with Crippen LogP contribution in [0.2, 0.25) is 0 Å². The van der Waals surface area contributed by atoms with Crippen LogP contribution in [-0.4, -0.2) is 18.5 Å². The minimum atomic E-state index is -0.00508. The lowest BCUT2D eigenvalue weighted by molar-refractivity contribution is -0.122. The Balaban J connectivity index is 4.04. The van der Waals surface area contributed by atoms with Gasteiger partial charge in [-0.05, 0) is 37.6 Å². The van der Waals surface area contributed by atoms with Gasteiger partial charge in [0, 0.05) is 12.5 Å². The molecule has 0 aliphatic heterocycles. The smallest absolute Gasteiger partial charge is 0.220 e. The molecule has 2 unspecified atom stereocenters. The number of hydrogen-bond donors (Lipinski definition) is 2. The van der Waals surface area contributed by atoms with Crippen LogP contribution in [0.25, 0.3) is 0 Å². The third kappa shape index (κ3) is 7.29. The second-order valence-electron chi connectivity index (χ2n) is 5.16. The second kappa shape index (κ2) is 9.90. The highest BCUT2D eigenvalue weighted by Gasteiger charge is 2.15. The van der Waals surface area contributed by atoms with Crippen LogP contribution in [0.15, 0.2) is 0 Å². The summed E-state index contributed by atoms with van der Waals surface area (Å²) in [5.74, 6) is 1.12. The van der Waals surface area contributed by atoms with E-state index in [1.54, 1.807) is 0 Å². The fraction of sp³-hybridized carbons (Fsp3) is 0.857. The van der Waals surface area contributed by atoms with Gasteiger partial charge in [0.15, 0.2) is 0 Å². The van der Waals surface area contributed by atoms with Gasteiger partial charge in [0.05, 0.1) is 12.5 Å². The normalized spacial score (nSPS) is 14.0. The van der Waals surface area contributed by atoms with Gasteiger partial charge < -0.3 is 11.1 Å². The number of hydrogen-bond acceptors (Lipinski definition) is 3. The summed E-state index contributed by atoms with van der Waals surface area (Å²) in [6, 6.07) is 2.09. The average Bonchev–Trinajstić information content (AvgIpc) is 2.33. The SMILES string of the molecule is CCC(CC#N)NC(=O)CCC(CCN)C(C)C.